The second-order valence-corrected chi connectivity index (χ2v) is 6.00. The van der Waals surface area contributed by atoms with Crippen LogP contribution in [0.25, 0.3) is 0 Å². The van der Waals surface area contributed by atoms with Crippen molar-refractivity contribution in [1.82, 2.24) is 0 Å². The van der Waals surface area contributed by atoms with Gasteiger partial charge in [-0.1, -0.05) is 41.4 Å². The quantitative estimate of drug-likeness (QED) is 0.878. The summed E-state index contributed by atoms with van der Waals surface area (Å²) in [4.78, 5) is 0.939. The first-order valence-electron chi connectivity index (χ1n) is 5.55. The van der Waals surface area contributed by atoms with Crippen molar-refractivity contribution in [3.63, 3.8) is 0 Å². The molecule has 1 unspecified atom stereocenters. The van der Waals surface area contributed by atoms with Gasteiger partial charge in [0.05, 0.1) is 10.4 Å². The fraction of sp³-hybridized carbons (Fsp3) is 0.286. The smallest absolute Gasteiger partial charge is 0.0961 e. The minimum atomic E-state index is -0.465. The Morgan fingerprint density at radius 1 is 1.29 bits per heavy atom. The van der Waals surface area contributed by atoms with Gasteiger partial charge in [0.15, 0.2) is 0 Å². The summed E-state index contributed by atoms with van der Waals surface area (Å²) in [5.41, 5.74) is 3.41. The van der Waals surface area contributed by atoms with E-state index in [9.17, 15) is 5.11 Å². The molecule has 17 heavy (non-hydrogen) atoms. The molecule has 0 aliphatic heterocycles. The Kier molecular flexibility index (Phi) is 3.87. The van der Waals surface area contributed by atoms with E-state index in [0.29, 0.717) is 6.42 Å². The average molecular weight is 267 g/mol. The van der Waals surface area contributed by atoms with Crippen molar-refractivity contribution in [3.8, 4) is 0 Å². The van der Waals surface area contributed by atoms with E-state index in [2.05, 4.69) is 19.1 Å². The van der Waals surface area contributed by atoms with Crippen LogP contribution in [0.1, 0.15) is 27.7 Å². The van der Waals surface area contributed by atoms with Gasteiger partial charge in [0.2, 0.25) is 0 Å². The second-order valence-electron chi connectivity index (χ2n) is 4.31. The highest BCUT2D eigenvalue weighted by atomic mass is 35.5. The standard InChI is InChI=1S/C14H15ClOS/c1-9-4-3-5-11(6-9)8-12(16)13-7-10(2)14(15)17-13/h3-7,12,16H,8H2,1-2H3. The Balaban J connectivity index is 2.14. The van der Waals surface area contributed by atoms with Gasteiger partial charge >= 0.3 is 0 Å². The lowest BCUT2D eigenvalue weighted by Gasteiger charge is -2.08. The van der Waals surface area contributed by atoms with Crippen LogP contribution in [0.2, 0.25) is 4.34 Å². The zero-order valence-corrected chi connectivity index (χ0v) is 11.5. The molecule has 0 radical (unpaired) electrons. The molecule has 1 nitrogen and oxygen atoms in total. The molecule has 1 aromatic carbocycles. The van der Waals surface area contributed by atoms with E-state index in [4.69, 9.17) is 11.6 Å². The predicted molar refractivity (Wildman–Crippen MR) is 73.9 cm³/mol. The third kappa shape index (κ3) is 3.09. The molecule has 90 valence electrons. The topological polar surface area (TPSA) is 20.2 Å². The third-order valence-electron chi connectivity index (χ3n) is 2.72. The molecule has 0 spiro atoms. The minimum absolute atomic E-state index is 0.465. The molecule has 0 saturated carbocycles. The van der Waals surface area contributed by atoms with E-state index in [1.165, 1.54) is 16.9 Å². The highest BCUT2D eigenvalue weighted by Gasteiger charge is 2.13. The van der Waals surface area contributed by atoms with Crippen LogP contribution < -0.4 is 0 Å². The largest absolute Gasteiger partial charge is 0.387 e. The molecule has 1 atom stereocenters. The van der Waals surface area contributed by atoms with E-state index in [-0.39, 0.29) is 0 Å². The monoisotopic (exact) mass is 266 g/mol. The van der Waals surface area contributed by atoms with Gasteiger partial charge in [-0.05, 0) is 31.0 Å². The van der Waals surface area contributed by atoms with Crippen molar-refractivity contribution < 1.29 is 5.11 Å². The maximum Gasteiger partial charge on any atom is 0.0961 e. The fourth-order valence-corrected chi connectivity index (χ4v) is 3.01. The normalized spacial score (nSPS) is 12.7. The molecule has 3 heteroatoms. The summed E-state index contributed by atoms with van der Waals surface area (Å²) in [6, 6.07) is 10.2. The fourth-order valence-electron chi connectivity index (χ4n) is 1.81. The van der Waals surface area contributed by atoms with Crippen molar-refractivity contribution >= 4 is 22.9 Å². The summed E-state index contributed by atoms with van der Waals surface area (Å²) in [5, 5.41) is 10.2. The van der Waals surface area contributed by atoms with Gasteiger partial charge in [-0.3, -0.25) is 0 Å². The van der Waals surface area contributed by atoms with Crippen molar-refractivity contribution in [1.29, 1.82) is 0 Å². The third-order valence-corrected chi connectivity index (χ3v) is 4.37. The van der Waals surface area contributed by atoms with Crippen LogP contribution in [-0.4, -0.2) is 5.11 Å². The number of aliphatic hydroxyl groups is 1. The SMILES string of the molecule is Cc1cccc(CC(O)c2cc(C)c(Cl)s2)c1. The van der Waals surface area contributed by atoms with E-state index >= 15 is 0 Å². The molecule has 0 bridgehead atoms. The number of thiophene rings is 1. The highest BCUT2D eigenvalue weighted by molar-refractivity contribution is 7.16. The molecule has 1 N–H and O–H groups in total. The summed E-state index contributed by atoms with van der Waals surface area (Å²) >= 11 is 7.47. The van der Waals surface area contributed by atoms with E-state index < -0.39 is 6.10 Å². The number of aliphatic hydroxyl groups excluding tert-OH is 1. The first-order valence-corrected chi connectivity index (χ1v) is 6.75. The van der Waals surface area contributed by atoms with Crippen LogP contribution in [0.5, 0.6) is 0 Å². The first kappa shape index (κ1) is 12.6. The van der Waals surface area contributed by atoms with Crippen molar-refractivity contribution in [3.05, 3.63) is 56.2 Å². The van der Waals surface area contributed by atoms with Crippen molar-refractivity contribution in [2.24, 2.45) is 0 Å². The second kappa shape index (κ2) is 5.21. The van der Waals surface area contributed by atoms with Crippen LogP contribution in [-0.2, 0) is 6.42 Å². The Hall–Kier alpha value is -0.830. The number of rotatable bonds is 3. The van der Waals surface area contributed by atoms with E-state index in [1.54, 1.807) is 0 Å². The van der Waals surface area contributed by atoms with Gasteiger partial charge in [0.25, 0.3) is 0 Å². The summed E-state index contributed by atoms with van der Waals surface area (Å²) in [5.74, 6) is 0. The highest BCUT2D eigenvalue weighted by Crippen LogP contribution is 2.32. The molecular formula is C14H15ClOS. The zero-order chi connectivity index (χ0) is 12.4. The van der Waals surface area contributed by atoms with Crippen LogP contribution in [0.15, 0.2) is 30.3 Å². The Morgan fingerprint density at radius 2 is 2.06 bits per heavy atom. The molecule has 0 amide bonds. The average Bonchev–Trinajstić information content (AvgIpc) is 2.59. The van der Waals surface area contributed by atoms with Crippen molar-refractivity contribution in [2.45, 2.75) is 26.4 Å². The van der Waals surface area contributed by atoms with Crippen LogP contribution >= 0.6 is 22.9 Å². The van der Waals surface area contributed by atoms with Gasteiger partial charge in [0.1, 0.15) is 0 Å². The van der Waals surface area contributed by atoms with Gasteiger partial charge in [-0.2, -0.15) is 0 Å². The minimum Gasteiger partial charge on any atom is -0.387 e. The summed E-state index contributed by atoms with van der Waals surface area (Å²) in [6.45, 7) is 4.02. The van der Waals surface area contributed by atoms with Crippen molar-refractivity contribution in [2.75, 3.05) is 0 Å². The maximum absolute atomic E-state index is 10.2. The summed E-state index contributed by atoms with van der Waals surface area (Å²) in [6.07, 6.45) is 0.172. The molecule has 2 rings (SSSR count). The molecule has 0 aliphatic carbocycles. The van der Waals surface area contributed by atoms with Crippen LogP contribution in [0.4, 0.5) is 0 Å². The number of halogens is 1. The Morgan fingerprint density at radius 3 is 2.65 bits per heavy atom. The molecule has 1 heterocycles. The number of hydrogen-bond donors (Lipinski definition) is 1. The van der Waals surface area contributed by atoms with E-state index in [1.807, 2.05) is 25.1 Å². The molecular weight excluding hydrogens is 252 g/mol. The lowest BCUT2D eigenvalue weighted by molar-refractivity contribution is 0.182. The number of hydrogen-bond acceptors (Lipinski definition) is 2. The predicted octanol–water partition coefficient (Wildman–Crippen LogP) is 4.29. The molecule has 1 aromatic heterocycles. The zero-order valence-electron chi connectivity index (χ0n) is 9.90. The van der Waals surface area contributed by atoms with Gasteiger partial charge < -0.3 is 5.11 Å². The molecule has 0 saturated heterocycles. The van der Waals surface area contributed by atoms with Crippen LogP contribution in [0.3, 0.4) is 0 Å². The lowest BCUT2D eigenvalue weighted by atomic mass is 10.0. The van der Waals surface area contributed by atoms with E-state index in [0.717, 1.165) is 20.3 Å². The van der Waals surface area contributed by atoms with Gasteiger partial charge in [-0.25, -0.2) is 0 Å². The molecule has 0 aliphatic rings. The first-order chi connectivity index (χ1) is 8.06. The lowest BCUT2D eigenvalue weighted by Crippen LogP contribution is -1.99. The maximum atomic E-state index is 10.2. The van der Waals surface area contributed by atoms with Crippen LogP contribution in [0, 0.1) is 13.8 Å². The summed E-state index contributed by atoms with van der Waals surface area (Å²) in [7, 11) is 0. The van der Waals surface area contributed by atoms with Gasteiger partial charge in [0, 0.05) is 11.3 Å². The van der Waals surface area contributed by atoms with Gasteiger partial charge in [-0.15, -0.1) is 11.3 Å². The Bertz CT molecular complexity index is 499. The number of aryl methyl sites for hydroxylation is 2. The molecule has 0 fully saturated rings. The Labute approximate surface area is 111 Å². The summed E-state index contributed by atoms with van der Waals surface area (Å²) < 4.78 is 0.767. The number of benzene rings is 1. The molecule has 2 aromatic rings.